The minimum atomic E-state index is -2.56. The molecule has 1 saturated carbocycles. The van der Waals surface area contributed by atoms with Gasteiger partial charge in [0, 0.05) is 0 Å². The summed E-state index contributed by atoms with van der Waals surface area (Å²) in [5.74, 6) is 0.814. The van der Waals surface area contributed by atoms with Gasteiger partial charge in [-0.1, -0.05) is 0 Å². The van der Waals surface area contributed by atoms with Gasteiger partial charge in [-0.05, 0) is 0 Å². The van der Waals surface area contributed by atoms with Gasteiger partial charge in [0.1, 0.15) is 0 Å². The van der Waals surface area contributed by atoms with Crippen molar-refractivity contribution in [2.45, 2.75) is 32.1 Å². The summed E-state index contributed by atoms with van der Waals surface area (Å²) in [5, 5.41) is 4.56. The Morgan fingerprint density at radius 1 is 0.593 bits per heavy atom. The molecule has 3 aromatic rings. The molecule has 0 spiro atoms. The molecule has 4 rings (SSSR count). The number of hydrogen-bond donors (Lipinski definition) is 0. The van der Waals surface area contributed by atoms with Crippen LogP contribution in [0.5, 0.6) is 0 Å². The van der Waals surface area contributed by atoms with Crippen molar-refractivity contribution in [3.8, 4) is 0 Å². The van der Waals surface area contributed by atoms with Gasteiger partial charge >= 0.3 is 177 Å². The van der Waals surface area contributed by atoms with Crippen LogP contribution in [0.3, 0.4) is 0 Å². The van der Waals surface area contributed by atoms with E-state index in [4.69, 9.17) is 0 Å². The SMILES string of the molecule is IP(CC1CCCCC1)(c1ccccc1)(c1ccccc1)c1ccccc1. The quantitative estimate of drug-likeness (QED) is 0.288. The van der Waals surface area contributed by atoms with E-state index in [1.165, 1.54) is 54.2 Å². The fraction of sp³-hybridized carbons (Fsp3) is 0.280. The van der Waals surface area contributed by atoms with Gasteiger partial charge in [-0.3, -0.25) is 0 Å². The van der Waals surface area contributed by atoms with Crippen LogP contribution in [0.15, 0.2) is 91.0 Å². The topological polar surface area (TPSA) is 0 Å². The van der Waals surface area contributed by atoms with Gasteiger partial charge in [0.2, 0.25) is 0 Å². The standard InChI is InChI=1S/C25H28IP/c26-27(23-15-7-2-8-16-23,24-17-9-3-10-18-24,25-19-11-4-12-20-25)21-22-13-5-1-6-14-22/h2-4,7-12,15-20,22H,1,5-6,13-14,21H2. The molecule has 0 aliphatic heterocycles. The maximum atomic E-state index is 2.94. The van der Waals surface area contributed by atoms with Crippen molar-refractivity contribution < 1.29 is 0 Å². The van der Waals surface area contributed by atoms with Crippen molar-refractivity contribution in [1.82, 2.24) is 0 Å². The van der Waals surface area contributed by atoms with Gasteiger partial charge < -0.3 is 0 Å². The molecule has 0 atom stereocenters. The first-order valence-corrected chi connectivity index (χ1v) is 15.3. The monoisotopic (exact) mass is 486 g/mol. The summed E-state index contributed by atoms with van der Waals surface area (Å²) in [6, 6.07) is 34.1. The normalized spacial score (nSPS) is 17.1. The molecule has 0 nitrogen and oxygen atoms in total. The van der Waals surface area contributed by atoms with Gasteiger partial charge in [-0.25, -0.2) is 0 Å². The van der Waals surface area contributed by atoms with Crippen molar-refractivity contribution in [1.29, 1.82) is 0 Å². The second-order valence-electron chi connectivity index (χ2n) is 7.88. The Morgan fingerprint density at radius 3 is 1.33 bits per heavy atom. The molecule has 0 bridgehead atoms. The van der Waals surface area contributed by atoms with Gasteiger partial charge in [0.05, 0.1) is 0 Å². The Balaban J connectivity index is 1.99. The Bertz CT molecular complexity index is 755. The first-order chi connectivity index (χ1) is 13.2. The molecule has 0 amide bonds. The summed E-state index contributed by atoms with van der Waals surface area (Å²) >= 11 is 2.94. The summed E-state index contributed by atoms with van der Waals surface area (Å²) in [4.78, 5) is 0. The molecule has 1 aliphatic carbocycles. The third-order valence-corrected chi connectivity index (χ3v) is 17.7. The fourth-order valence-electron chi connectivity index (χ4n) is 4.83. The Labute approximate surface area is 176 Å². The van der Waals surface area contributed by atoms with Crippen LogP contribution in [-0.2, 0) is 0 Å². The van der Waals surface area contributed by atoms with E-state index in [9.17, 15) is 0 Å². The molecular formula is C25H28IP. The predicted octanol–water partition coefficient (Wildman–Crippen LogP) is 6.45. The number of rotatable bonds is 5. The zero-order chi connectivity index (χ0) is 18.6. The van der Waals surface area contributed by atoms with Crippen LogP contribution in [0.4, 0.5) is 0 Å². The summed E-state index contributed by atoms with van der Waals surface area (Å²) < 4.78 is -2.56. The van der Waals surface area contributed by atoms with E-state index < -0.39 is 4.25 Å². The van der Waals surface area contributed by atoms with Gasteiger partial charge in [-0.2, -0.15) is 0 Å². The number of halogens is 1. The molecule has 0 aromatic heterocycles. The van der Waals surface area contributed by atoms with Crippen LogP contribution in [0.2, 0.25) is 0 Å². The molecular weight excluding hydrogens is 458 g/mol. The molecule has 140 valence electrons. The van der Waals surface area contributed by atoms with Crippen LogP contribution in [0.1, 0.15) is 32.1 Å². The third kappa shape index (κ3) is 3.49. The second kappa shape index (κ2) is 8.05. The van der Waals surface area contributed by atoms with Crippen molar-refractivity contribution in [2.24, 2.45) is 5.92 Å². The van der Waals surface area contributed by atoms with Crippen LogP contribution in [0.25, 0.3) is 0 Å². The van der Waals surface area contributed by atoms with Crippen LogP contribution < -0.4 is 15.9 Å². The summed E-state index contributed by atoms with van der Waals surface area (Å²) in [7, 11) is 0. The fourth-order valence-corrected chi connectivity index (χ4v) is 14.6. The van der Waals surface area contributed by atoms with Crippen molar-refractivity contribution in [3.05, 3.63) is 91.0 Å². The second-order valence-corrected chi connectivity index (χ2v) is 18.5. The minimum absolute atomic E-state index is 0.814. The van der Waals surface area contributed by atoms with E-state index in [1.807, 2.05) is 0 Å². The Hall–Kier alpha value is -1.18. The first kappa shape index (κ1) is 19.2. The average molecular weight is 486 g/mol. The molecule has 0 saturated heterocycles. The van der Waals surface area contributed by atoms with Crippen LogP contribution in [0, 0.1) is 5.92 Å². The molecule has 0 radical (unpaired) electrons. The zero-order valence-electron chi connectivity index (χ0n) is 15.8. The van der Waals surface area contributed by atoms with E-state index in [2.05, 4.69) is 113 Å². The summed E-state index contributed by atoms with van der Waals surface area (Å²) in [6.07, 6.45) is 8.25. The molecule has 1 fully saturated rings. The molecule has 0 heterocycles. The van der Waals surface area contributed by atoms with Crippen molar-refractivity contribution in [2.75, 3.05) is 6.16 Å². The first-order valence-electron chi connectivity index (χ1n) is 10.1. The Morgan fingerprint density at radius 2 is 0.963 bits per heavy atom. The van der Waals surface area contributed by atoms with Gasteiger partial charge in [0.25, 0.3) is 0 Å². The van der Waals surface area contributed by atoms with E-state index in [-0.39, 0.29) is 0 Å². The average Bonchev–Trinajstić information content (AvgIpc) is 2.76. The van der Waals surface area contributed by atoms with E-state index in [0.29, 0.717) is 0 Å². The summed E-state index contributed by atoms with van der Waals surface area (Å²) in [6.45, 7) is 0. The Kier molecular flexibility index (Phi) is 5.71. The molecule has 2 heteroatoms. The molecule has 3 aromatic carbocycles. The number of benzene rings is 3. The molecule has 1 aliphatic rings. The van der Waals surface area contributed by atoms with Crippen molar-refractivity contribution in [3.63, 3.8) is 0 Å². The van der Waals surface area contributed by atoms with Gasteiger partial charge in [0.15, 0.2) is 0 Å². The zero-order valence-corrected chi connectivity index (χ0v) is 18.9. The maximum absolute atomic E-state index is 2.94. The molecule has 27 heavy (non-hydrogen) atoms. The van der Waals surface area contributed by atoms with Crippen molar-refractivity contribution >= 4 is 42.2 Å². The number of hydrogen-bond acceptors (Lipinski definition) is 0. The van der Waals surface area contributed by atoms with Crippen LogP contribution >= 0.6 is 26.3 Å². The van der Waals surface area contributed by atoms with Crippen LogP contribution in [-0.4, -0.2) is 6.16 Å². The molecule has 0 unspecified atom stereocenters. The third-order valence-electron chi connectivity index (χ3n) is 6.21. The van der Waals surface area contributed by atoms with Gasteiger partial charge in [-0.15, -0.1) is 0 Å². The van der Waals surface area contributed by atoms with E-state index >= 15 is 0 Å². The van der Waals surface area contributed by atoms with E-state index in [0.717, 1.165) is 5.92 Å². The predicted molar refractivity (Wildman–Crippen MR) is 131 cm³/mol. The summed E-state index contributed by atoms with van der Waals surface area (Å²) in [5.41, 5.74) is 0. The molecule has 0 N–H and O–H groups in total. The van der Waals surface area contributed by atoms with E-state index in [1.54, 1.807) is 0 Å².